The van der Waals surface area contributed by atoms with Crippen molar-refractivity contribution in [3.8, 4) is 0 Å². The summed E-state index contributed by atoms with van der Waals surface area (Å²) in [4.78, 5) is 45.0. The first-order valence-electron chi connectivity index (χ1n) is 10.4. The number of methoxy groups -OCH3 is 1. The first-order valence-corrected chi connectivity index (χ1v) is 11.7. The van der Waals surface area contributed by atoms with Gasteiger partial charge in [-0.1, -0.05) is 12.1 Å². The lowest BCUT2D eigenvalue weighted by Gasteiger charge is -2.37. The Morgan fingerprint density at radius 1 is 1.25 bits per heavy atom. The second-order valence-electron chi connectivity index (χ2n) is 8.24. The van der Waals surface area contributed by atoms with E-state index in [2.05, 4.69) is 4.98 Å². The van der Waals surface area contributed by atoms with Crippen LogP contribution < -0.4 is 4.90 Å². The molecule has 4 unspecified atom stereocenters. The summed E-state index contributed by atoms with van der Waals surface area (Å²) in [6.45, 7) is 1.85. The zero-order chi connectivity index (χ0) is 22.6. The van der Waals surface area contributed by atoms with Crippen molar-refractivity contribution >= 4 is 45.7 Å². The quantitative estimate of drug-likeness (QED) is 0.496. The van der Waals surface area contributed by atoms with Crippen LogP contribution in [0.15, 0.2) is 41.0 Å². The number of ether oxygens (including phenoxy) is 2. The Morgan fingerprint density at radius 3 is 2.66 bits per heavy atom. The zero-order valence-corrected chi connectivity index (χ0v) is 19.1. The fourth-order valence-corrected chi connectivity index (χ4v) is 5.84. The number of alkyl halides is 1. The van der Waals surface area contributed by atoms with Crippen molar-refractivity contribution in [3.63, 3.8) is 0 Å². The molecule has 32 heavy (non-hydrogen) atoms. The minimum Gasteiger partial charge on any atom is -0.483 e. The minimum atomic E-state index is -0.682. The predicted octanol–water partition coefficient (Wildman–Crippen LogP) is 3.96. The van der Waals surface area contributed by atoms with Crippen molar-refractivity contribution in [1.29, 1.82) is 0 Å². The largest absolute Gasteiger partial charge is 0.483 e. The molecule has 9 heteroatoms. The van der Waals surface area contributed by atoms with Crippen LogP contribution in [0.1, 0.15) is 46.9 Å². The molecule has 7 nitrogen and oxygen atoms in total. The lowest BCUT2D eigenvalue weighted by molar-refractivity contribution is -0.131. The van der Waals surface area contributed by atoms with E-state index in [1.165, 1.54) is 23.3 Å². The van der Waals surface area contributed by atoms with Gasteiger partial charge in [0.2, 0.25) is 0 Å². The van der Waals surface area contributed by atoms with E-state index in [0.717, 1.165) is 12.1 Å². The number of aryl methyl sites for hydroxylation is 1. The predicted molar refractivity (Wildman–Crippen MR) is 119 cm³/mol. The van der Waals surface area contributed by atoms with E-state index < -0.39 is 12.0 Å². The molecule has 0 radical (unpaired) electrons. The number of nitrogens with zero attached hydrogens (tertiary/aromatic N) is 2. The third kappa shape index (κ3) is 3.33. The molecule has 0 N–H and O–H groups in total. The number of halogens is 1. The number of fused-ring (bicyclic) bond motifs is 1. The van der Waals surface area contributed by atoms with Crippen LogP contribution in [0.5, 0.6) is 0 Å². The molecule has 2 aromatic rings. The lowest BCUT2D eigenvalue weighted by Crippen LogP contribution is -2.41. The van der Waals surface area contributed by atoms with Crippen LogP contribution in [0.25, 0.3) is 0 Å². The number of rotatable bonds is 3. The molecule has 0 saturated heterocycles. The molecule has 1 amide bonds. The first-order chi connectivity index (χ1) is 15.4. The summed E-state index contributed by atoms with van der Waals surface area (Å²) in [6.07, 6.45) is 1.59. The molecule has 3 heterocycles. The van der Waals surface area contributed by atoms with Crippen molar-refractivity contribution in [2.45, 2.75) is 43.7 Å². The highest BCUT2D eigenvalue weighted by Gasteiger charge is 2.53. The molecule has 1 aromatic carbocycles. The number of thiazole rings is 1. The maximum absolute atomic E-state index is 13.7. The molecular weight excluding hydrogens is 452 g/mol. The van der Waals surface area contributed by atoms with Gasteiger partial charge in [-0.2, -0.15) is 0 Å². The van der Waals surface area contributed by atoms with Gasteiger partial charge in [0, 0.05) is 10.8 Å². The number of anilines is 1. The molecule has 1 saturated carbocycles. The summed E-state index contributed by atoms with van der Waals surface area (Å²) in [5, 5.41) is 2.27. The molecular formula is C23H21ClN2O5S. The highest BCUT2D eigenvalue weighted by atomic mass is 35.5. The summed E-state index contributed by atoms with van der Waals surface area (Å²) >= 11 is 7.70. The van der Waals surface area contributed by atoms with Gasteiger partial charge in [-0.05, 0) is 43.9 Å². The third-order valence-corrected chi connectivity index (χ3v) is 7.60. The van der Waals surface area contributed by atoms with E-state index in [4.69, 9.17) is 21.1 Å². The van der Waals surface area contributed by atoms with E-state index in [0.29, 0.717) is 34.7 Å². The molecule has 1 aliphatic carbocycles. The molecule has 4 atom stereocenters. The summed E-state index contributed by atoms with van der Waals surface area (Å²) in [7, 11) is 1.32. The van der Waals surface area contributed by atoms with Crippen LogP contribution in [0.3, 0.4) is 0 Å². The van der Waals surface area contributed by atoms with Gasteiger partial charge < -0.3 is 9.47 Å². The number of carbonyl (C=O) groups excluding carboxylic acids is 3. The number of esters is 1. The molecule has 2 aliphatic heterocycles. The first kappa shape index (κ1) is 21.2. The fourth-order valence-electron chi connectivity index (χ4n) is 4.70. The Hall–Kier alpha value is -2.71. The van der Waals surface area contributed by atoms with E-state index in [9.17, 15) is 14.4 Å². The summed E-state index contributed by atoms with van der Waals surface area (Å²) in [5.74, 6) is -1.17. The molecule has 1 fully saturated rings. The van der Waals surface area contributed by atoms with Crippen LogP contribution in [0.4, 0.5) is 5.13 Å². The van der Waals surface area contributed by atoms with Gasteiger partial charge >= 0.3 is 5.97 Å². The van der Waals surface area contributed by atoms with Crippen LogP contribution in [0, 0.1) is 12.8 Å². The standard InChI is InChI=1S/C23H21ClN2O5S/c1-11-10-32-23(25-11)26-18(12-3-5-13(6-4-12)22(29)30-2)17-19(27)15-9-14(24)7-8-16(15)31-20(17)21(26)28/h3-6,10,14-16,18H,7-9H2,1-2H3. The number of hydrogen-bond donors (Lipinski definition) is 0. The minimum absolute atomic E-state index is 0.0847. The third-order valence-electron chi connectivity index (χ3n) is 6.24. The Kier molecular flexibility index (Phi) is 5.29. The van der Waals surface area contributed by atoms with Gasteiger partial charge in [0.25, 0.3) is 5.91 Å². The molecule has 1 aromatic heterocycles. The van der Waals surface area contributed by atoms with Gasteiger partial charge in [-0.15, -0.1) is 22.9 Å². The van der Waals surface area contributed by atoms with Gasteiger partial charge in [0.1, 0.15) is 6.10 Å². The van der Waals surface area contributed by atoms with Gasteiger partial charge in [0.15, 0.2) is 16.7 Å². The number of ketones is 1. The van der Waals surface area contributed by atoms with Crippen LogP contribution in [-0.4, -0.2) is 41.2 Å². The van der Waals surface area contributed by atoms with Gasteiger partial charge in [-0.25, -0.2) is 9.78 Å². The van der Waals surface area contributed by atoms with Crippen molar-refractivity contribution < 1.29 is 23.9 Å². The number of Topliss-reactive ketones (excluding diaryl/α,β-unsaturated/α-hetero) is 1. The van der Waals surface area contributed by atoms with Crippen molar-refractivity contribution in [3.05, 3.63) is 57.8 Å². The van der Waals surface area contributed by atoms with Crippen molar-refractivity contribution in [2.75, 3.05) is 12.0 Å². The summed E-state index contributed by atoms with van der Waals surface area (Å²) < 4.78 is 10.9. The van der Waals surface area contributed by atoms with Gasteiger partial charge in [-0.3, -0.25) is 14.5 Å². The topological polar surface area (TPSA) is 85.8 Å². The van der Waals surface area contributed by atoms with E-state index in [1.807, 2.05) is 12.3 Å². The lowest BCUT2D eigenvalue weighted by atomic mass is 9.77. The highest BCUT2D eigenvalue weighted by molar-refractivity contribution is 7.14. The second-order valence-corrected chi connectivity index (χ2v) is 9.70. The van der Waals surface area contributed by atoms with Crippen LogP contribution in [0.2, 0.25) is 0 Å². The number of aromatic nitrogens is 1. The molecule has 3 aliphatic rings. The zero-order valence-electron chi connectivity index (χ0n) is 17.5. The van der Waals surface area contributed by atoms with Crippen molar-refractivity contribution in [2.24, 2.45) is 5.92 Å². The Labute approximate surface area is 194 Å². The van der Waals surface area contributed by atoms with Crippen molar-refractivity contribution in [1.82, 2.24) is 4.98 Å². The molecule has 166 valence electrons. The Morgan fingerprint density at radius 2 is 2.00 bits per heavy atom. The van der Waals surface area contributed by atoms with Gasteiger partial charge in [0.05, 0.1) is 35.9 Å². The molecule has 5 rings (SSSR count). The second kappa shape index (κ2) is 8.01. The maximum Gasteiger partial charge on any atom is 0.337 e. The number of benzene rings is 1. The Balaban J connectivity index is 1.61. The monoisotopic (exact) mass is 472 g/mol. The Bertz CT molecular complexity index is 1140. The van der Waals surface area contributed by atoms with Crippen LogP contribution in [-0.2, 0) is 19.1 Å². The molecule has 0 spiro atoms. The smallest absolute Gasteiger partial charge is 0.337 e. The van der Waals surface area contributed by atoms with Crippen LogP contribution >= 0.6 is 22.9 Å². The SMILES string of the molecule is COC(=O)c1ccc(C2C3=C(OC4CCC(Cl)CC4C3=O)C(=O)N2c2nc(C)cs2)cc1. The number of hydrogen-bond acceptors (Lipinski definition) is 7. The van der Waals surface area contributed by atoms with E-state index in [-0.39, 0.29) is 34.8 Å². The number of carbonyl (C=O) groups is 3. The number of amides is 1. The fraction of sp³-hybridized carbons (Fsp3) is 0.391. The maximum atomic E-state index is 13.7. The summed E-state index contributed by atoms with van der Waals surface area (Å²) in [5.41, 5.74) is 2.21. The van der Waals surface area contributed by atoms with E-state index >= 15 is 0 Å². The normalized spacial score (nSPS) is 27.2. The summed E-state index contributed by atoms with van der Waals surface area (Å²) in [6, 6.07) is 6.04. The van der Waals surface area contributed by atoms with E-state index in [1.54, 1.807) is 24.3 Å². The highest BCUT2D eigenvalue weighted by Crippen LogP contribution is 2.49. The average molecular weight is 473 g/mol. The average Bonchev–Trinajstić information content (AvgIpc) is 3.35. The molecule has 0 bridgehead atoms.